The lowest BCUT2D eigenvalue weighted by Gasteiger charge is -2.26. The Morgan fingerprint density at radius 1 is 1.25 bits per heavy atom. The number of hydrogen-bond donors (Lipinski definition) is 2. The van der Waals surface area contributed by atoms with E-state index in [1.807, 2.05) is 29.3 Å². The van der Waals surface area contributed by atoms with E-state index in [0.29, 0.717) is 12.5 Å². The minimum absolute atomic E-state index is 0.00590. The Kier molecular flexibility index (Phi) is 5.76. The van der Waals surface area contributed by atoms with Crippen molar-refractivity contribution < 1.29 is 9.59 Å². The maximum absolute atomic E-state index is 12.6. The highest BCUT2D eigenvalue weighted by atomic mass is 32.1. The normalized spacial score (nSPS) is 23.0. The molecule has 0 bridgehead atoms. The van der Waals surface area contributed by atoms with Crippen molar-refractivity contribution in [1.82, 2.24) is 15.5 Å². The summed E-state index contributed by atoms with van der Waals surface area (Å²) in [7, 11) is 0. The molecule has 2 fully saturated rings. The van der Waals surface area contributed by atoms with Gasteiger partial charge in [0, 0.05) is 29.9 Å². The van der Waals surface area contributed by atoms with E-state index in [4.69, 9.17) is 0 Å². The van der Waals surface area contributed by atoms with Crippen molar-refractivity contribution in [3.63, 3.8) is 0 Å². The first kappa shape index (κ1) is 17.3. The second-order valence-electron chi connectivity index (χ2n) is 6.96. The smallest absolute Gasteiger partial charge is 0.315 e. The molecule has 0 radical (unpaired) electrons. The van der Waals surface area contributed by atoms with Crippen LogP contribution in [0.15, 0.2) is 17.5 Å². The molecule has 2 unspecified atom stereocenters. The molecule has 1 saturated carbocycles. The van der Waals surface area contributed by atoms with Gasteiger partial charge in [-0.2, -0.15) is 0 Å². The van der Waals surface area contributed by atoms with E-state index in [9.17, 15) is 9.59 Å². The maximum atomic E-state index is 12.6. The molecule has 6 heteroatoms. The lowest BCUT2D eigenvalue weighted by Crippen LogP contribution is -2.45. The fourth-order valence-corrected chi connectivity index (χ4v) is 4.45. The Bertz CT molecular complexity index is 555. The first-order chi connectivity index (χ1) is 11.6. The molecule has 1 aromatic rings. The van der Waals surface area contributed by atoms with Crippen molar-refractivity contribution in [2.75, 3.05) is 13.1 Å². The van der Waals surface area contributed by atoms with Gasteiger partial charge in [0.1, 0.15) is 0 Å². The van der Waals surface area contributed by atoms with E-state index in [0.717, 1.165) is 30.7 Å². The summed E-state index contributed by atoms with van der Waals surface area (Å²) >= 11 is 1.64. The van der Waals surface area contributed by atoms with Crippen molar-refractivity contribution in [2.24, 2.45) is 5.92 Å². The number of nitrogens with one attached hydrogen (secondary N) is 2. The van der Waals surface area contributed by atoms with Gasteiger partial charge in [-0.3, -0.25) is 4.79 Å². The fourth-order valence-electron chi connectivity index (χ4n) is 3.72. The van der Waals surface area contributed by atoms with Crippen LogP contribution in [-0.2, 0) is 4.79 Å². The van der Waals surface area contributed by atoms with E-state index in [1.54, 1.807) is 11.3 Å². The van der Waals surface area contributed by atoms with Crippen LogP contribution in [0.1, 0.15) is 56.4 Å². The molecule has 2 atom stereocenters. The van der Waals surface area contributed by atoms with Gasteiger partial charge in [-0.05, 0) is 37.6 Å². The van der Waals surface area contributed by atoms with Crippen LogP contribution in [0, 0.1) is 5.92 Å². The zero-order chi connectivity index (χ0) is 16.9. The number of carbonyl (C=O) groups excluding carboxylic acids is 2. The van der Waals surface area contributed by atoms with Crippen LogP contribution in [0.5, 0.6) is 0 Å². The second kappa shape index (κ2) is 8.01. The van der Waals surface area contributed by atoms with Crippen LogP contribution in [0.2, 0.25) is 0 Å². The molecule has 3 amide bonds. The number of nitrogens with zero attached hydrogens (tertiary/aromatic N) is 1. The first-order valence-corrected chi connectivity index (χ1v) is 9.90. The summed E-state index contributed by atoms with van der Waals surface area (Å²) in [4.78, 5) is 27.8. The number of rotatable bonds is 4. The van der Waals surface area contributed by atoms with Gasteiger partial charge in [0.05, 0.1) is 6.04 Å². The van der Waals surface area contributed by atoms with E-state index in [2.05, 4.69) is 10.6 Å². The fraction of sp³-hybridized carbons (Fsp3) is 0.667. The molecular formula is C18H27N3O2S. The summed E-state index contributed by atoms with van der Waals surface area (Å²) in [6.07, 6.45) is 6.53. The minimum Gasteiger partial charge on any atom is -0.340 e. The van der Waals surface area contributed by atoms with Crippen molar-refractivity contribution in [1.29, 1.82) is 0 Å². The third kappa shape index (κ3) is 4.29. The van der Waals surface area contributed by atoms with Gasteiger partial charge >= 0.3 is 6.03 Å². The van der Waals surface area contributed by atoms with E-state index >= 15 is 0 Å². The molecule has 1 aromatic heterocycles. The molecule has 1 aliphatic carbocycles. The summed E-state index contributed by atoms with van der Waals surface area (Å²) in [5.41, 5.74) is 0. The topological polar surface area (TPSA) is 61.4 Å². The summed E-state index contributed by atoms with van der Waals surface area (Å²) in [5, 5.41) is 8.00. The molecule has 24 heavy (non-hydrogen) atoms. The van der Waals surface area contributed by atoms with Gasteiger partial charge < -0.3 is 15.5 Å². The van der Waals surface area contributed by atoms with Crippen LogP contribution in [0.25, 0.3) is 0 Å². The third-order valence-electron chi connectivity index (χ3n) is 5.11. The number of hydrogen-bond acceptors (Lipinski definition) is 3. The molecule has 2 heterocycles. The summed E-state index contributed by atoms with van der Waals surface area (Å²) in [6, 6.07) is 3.93. The molecule has 2 N–H and O–H groups in total. The number of carbonyl (C=O) groups is 2. The minimum atomic E-state index is -0.145. The van der Waals surface area contributed by atoms with Gasteiger partial charge in [-0.15, -0.1) is 11.3 Å². The summed E-state index contributed by atoms with van der Waals surface area (Å²) in [5.74, 6) is 0.511. The number of likely N-dealkylation sites (tertiary alicyclic amines) is 1. The Balaban J connectivity index is 1.43. The molecule has 2 aliphatic rings. The maximum Gasteiger partial charge on any atom is 0.315 e. The summed E-state index contributed by atoms with van der Waals surface area (Å²) < 4.78 is 0. The van der Waals surface area contributed by atoms with Crippen LogP contribution in [0.4, 0.5) is 4.79 Å². The molecule has 132 valence electrons. The Morgan fingerprint density at radius 3 is 2.75 bits per heavy atom. The zero-order valence-electron chi connectivity index (χ0n) is 14.3. The van der Waals surface area contributed by atoms with Crippen molar-refractivity contribution >= 4 is 23.3 Å². The zero-order valence-corrected chi connectivity index (χ0v) is 15.1. The van der Waals surface area contributed by atoms with Crippen LogP contribution < -0.4 is 10.6 Å². The van der Waals surface area contributed by atoms with Crippen LogP contribution >= 0.6 is 11.3 Å². The summed E-state index contributed by atoms with van der Waals surface area (Å²) in [6.45, 7) is 3.40. The van der Waals surface area contributed by atoms with Gasteiger partial charge in [0.2, 0.25) is 5.91 Å². The quantitative estimate of drug-likeness (QED) is 0.876. The highest BCUT2D eigenvalue weighted by molar-refractivity contribution is 7.10. The average Bonchev–Trinajstić information content (AvgIpc) is 3.26. The predicted molar refractivity (Wildman–Crippen MR) is 96.0 cm³/mol. The first-order valence-electron chi connectivity index (χ1n) is 9.02. The standard InChI is InChI=1S/C18H27N3O2S/c1-13(16-8-5-11-24-16)19-18(23)20-15-9-10-21(12-15)17(22)14-6-3-2-4-7-14/h5,8,11,13-15H,2-4,6-7,9-10,12H2,1H3,(H2,19,20,23). The van der Waals surface area contributed by atoms with Crippen molar-refractivity contribution in [3.05, 3.63) is 22.4 Å². The Morgan fingerprint density at radius 2 is 2.04 bits per heavy atom. The van der Waals surface area contributed by atoms with Crippen LogP contribution in [-0.4, -0.2) is 36.0 Å². The number of thiophene rings is 1. The largest absolute Gasteiger partial charge is 0.340 e. The Hall–Kier alpha value is -1.56. The van der Waals surface area contributed by atoms with Gasteiger partial charge in [0.25, 0.3) is 0 Å². The number of urea groups is 1. The molecule has 1 saturated heterocycles. The van der Waals surface area contributed by atoms with Gasteiger partial charge in [-0.1, -0.05) is 25.3 Å². The van der Waals surface area contributed by atoms with E-state index in [1.165, 1.54) is 19.3 Å². The molecule has 3 rings (SSSR count). The van der Waals surface area contributed by atoms with Crippen molar-refractivity contribution in [2.45, 2.75) is 57.5 Å². The third-order valence-corrected chi connectivity index (χ3v) is 6.16. The van der Waals surface area contributed by atoms with Crippen LogP contribution in [0.3, 0.4) is 0 Å². The molecule has 1 aliphatic heterocycles. The molecule has 5 nitrogen and oxygen atoms in total. The predicted octanol–water partition coefficient (Wildman–Crippen LogP) is 3.29. The highest BCUT2D eigenvalue weighted by Gasteiger charge is 2.32. The molecular weight excluding hydrogens is 322 g/mol. The van der Waals surface area contributed by atoms with Gasteiger partial charge in [-0.25, -0.2) is 4.79 Å². The monoisotopic (exact) mass is 349 g/mol. The Labute approximate surface area is 147 Å². The SMILES string of the molecule is CC(NC(=O)NC1CCN(C(=O)C2CCCCC2)C1)c1cccs1. The number of amides is 3. The highest BCUT2D eigenvalue weighted by Crippen LogP contribution is 2.26. The average molecular weight is 350 g/mol. The van der Waals surface area contributed by atoms with E-state index in [-0.39, 0.29) is 24.0 Å². The van der Waals surface area contributed by atoms with Gasteiger partial charge in [0.15, 0.2) is 0 Å². The second-order valence-corrected chi connectivity index (χ2v) is 7.94. The van der Waals surface area contributed by atoms with Crippen molar-refractivity contribution in [3.8, 4) is 0 Å². The van der Waals surface area contributed by atoms with E-state index < -0.39 is 0 Å². The molecule has 0 aromatic carbocycles. The lowest BCUT2D eigenvalue weighted by molar-refractivity contribution is -0.135. The lowest BCUT2D eigenvalue weighted by atomic mass is 9.88. The molecule has 0 spiro atoms.